The lowest BCUT2D eigenvalue weighted by molar-refractivity contribution is -0.385. The molecule has 0 radical (unpaired) electrons. The molecule has 2 aromatic carbocycles. The molecule has 3 amide bonds. The van der Waals surface area contributed by atoms with E-state index in [-0.39, 0.29) is 61.3 Å². The van der Waals surface area contributed by atoms with Gasteiger partial charge in [0.2, 0.25) is 5.91 Å². The molecule has 0 aromatic heterocycles. The van der Waals surface area contributed by atoms with E-state index >= 15 is 0 Å². The Morgan fingerprint density at radius 3 is 2.07 bits per heavy atom. The minimum absolute atomic E-state index is 0.0697. The first-order valence-electron chi connectivity index (χ1n) is 13.5. The number of carbonyl (C=O) groups excluding carboxylic acids is 3. The minimum atomic E-state index is -1.17. The number of hydrogen-bond donors (Lipinski definition) is 3. The van der Waals surface area contributed by atoms with Crippen LogP contribution in [-0.2, 0) is 27.5 Å². The van der Waals surface area contributed by atoms with E-state index in [1.807, 2.05) is 0 Å². The first-order valence-corrected chi connectivity index (χ1v) is 14.0. The maximum Gasteiger partial charge on any atom is 0.410 e. The summed E-state index contributed by atoms with van der Waals surface area (Å²) < 4.78 is 10.5. The zero-order chi connectivity index (χ0) is 31.1. The van der Waals surface area contributed by atoms with Gasteiger partial charge in [-0.1, -0.05) is 0 Å². The van der Waals surface area contributed by atoms with Crippen molar-refractivity contribution in [2.45, 2.75) is 55.9 Å². The van der Waals surface area contributed by atoms with Crippen LogP contribution in [0.5, 0.6) is 0 Å². The van der Waals surface area contributed by atoms with E-state index in [2.05, 4.69) is 17.9 Å². The van der Waals surface area contributed by atoms with Gasteiger partial charge in [-0.05, 0) is 48.2 Å². The van der Waals surface area contributed by atoms with Crippen LogP contribution >= 0.6 is 12.6 Å². The summed E-state index contributed by atoms with van der Waals surface area (Å²) >= 11 is 4.44. The molecule has 4 atom stereocenters. The minimum Gasteiger partial charge on any atom is -0.445 e. The third-order valence-electron chi connectivity index (χ3n) is 7.27. The van der Waals surface area contributed by atoms with E-state index in [1.165, 1.54) is 58.3 Å². The summed E-state index contributed by atoms with van der Waals surface area (Å²) in [6.07, 6.45) is -1.95. The highest BCUT2D eigenvalue weighted by Gasteiger charge is 2.40. The topological polar surface area (TPSA) is 195 Å². The molecule has 2 aliphatic heterocycles. The Hall–Kier alpha value is -4.44. The van der Waals surface area contributed by atoms with Gasteiger partial charge in [0.1, 0.15) is 13.2 Å². The van der Waals surface area contributed by atoms with Gasteiger partial charge >= 0.3 is 12.2 Å². The van der Waals surface area contributed by atoms with Crippen molar-refractivity contribution in [3.05, 3.63) is 79.9 Å². The third kappa shape index (κ3) is 8.54. The molecule has 43 heavy (non-hydrogen) atoms. The van der Waals surface area contributed by atoms with Crippen LogP contribution in [0.1, 0.15) is 30.4 Å². The number of rotatable bonds is 10. The zero-order valence-corrected chi connectivity index (χ0v) is 23.8. The second-order valence-electron chi connectivity index (χ2n) is 10.3. The lowest BCUT2D eigenvalue weighted by Crippen LogP contribution is -2.45. The molecule has 230 valence electrons. The van der Waals surface area contributed by atoms with Crippen LogP contribution in [0, 0.1) is 20.2 Å². The van der Waals surface area contributed by atoms with Crippen molar-refractivity contribution in [1.29, 1.82) is 0 Å². The van der Waals surface area contributed by atoms with Crippen molar-refractivity contribution in [2.24, 2.45) is 0 Å². The smallest absolute Gasteiger partial charge is 0.410 e. The Balaban J connectivity index is 1.21. The number of alkyl carbamates (subject to hydrolysis) is 1. The SMILES string of the molecule is O=C(N[C@H]1CCN(C(=O)CC(O)[C@@H]2C[C@H](S)CN2C(=O)OCc2ccc([N+](=O)[O-])cc2)C1)OCc1ccc([N+](=O)[O-])cc1. The zero-order valence-electron chi connectivity index (χ0n) is 22.9. The van der Waals surface area contributed by atoms with Crippen LogP contribution < -0.4 is 5.32 Å². The maximum absolute atomic E-state index is 12.9. The second-order valence-corrected chi connectivity index (χ2v) is 11.1. The van der Waals surface area contributed by atoms with Gasteiger partial charge in [0.15, 0.2) is 0 Å². The maximum atomic E-state index is 12.9. The van der Waals surface area contributed by atoms with Crippen LogP contribution in [-0.4, -0.2) is 85.9 Å². The molecule has 0 bridgehead atoms. The predicted molar refractivity (Wildman–Crippen MR) is 153 cm³/mol. The van der Waals surface area contributed by atoms with Crippen molar-refractivity contribution in [1.82, 2.24) is 15.1 Å². The monoisotopic (exact) mass is 617 g/mol. The van der Waals surface area contributed by atoms with Gasteiger partial charge in [-0.3, -0.25) is 25.0 Å². The lowest BCUT2D eigenvalue weighted by Gasteiger charge is -2.28. The lowest BCUT2D eigenvalue weighted by atomic mass is 10.0. The molecule has 0 aliphatic carbocycles. The van der Waals surface area contributed by atoms with Gasteiger partial charge in [0.25, 0.3) is 11.4 Å². The predicted octanol–water partition coefficient (Wildman–Crippen LogP) is 2.79. The Kier molecular flexibility index (Phi) is 10.4. The molecule has 1 unspecified atom stereocenters. The Bertz CT molecular complexity index is 1340. The van der Waals surface area contributed by atoms with Gasteiger partial charge in [-0.15, -0.1) is 0 Å². The third-order valence-corrected chi connectivity index (χ3v) is 7.65. The van der Waals surface area contributed by atoms with Gasteiger partial charge in [-0.2, -0.15) is 12.6 Å². The van der Waals surface area contributed by atoms with E-state index in [9.17, 15) is 39.7 Å². The van der Waals surface area contributed by atoms with Crippen molar-refractivity contribution >= 4 is 42.1 Å². The summed E-state index contributed by atoms with van der Waals surface area (Å²) in [6.45, 7) is 0.602. The van der Waals surface area contributed by atoms with E-state index < -0.39 is 34.2 Å². The summed E-state index contributed by atoms with van der Waals surface area (Å²) in [4.78, 5) is 61.3. The molecule has 4 rings (SSSR count). The van der Waals surface area contributed by atoms with Crippen LogP contribution in [0.25, 0.3) is 0 Å². The highest BCUT2D eigenvalue weighted by Crippen LogP contribution is 2.27. The van der Waals surface area contributed by atoms with Crippen LogP contribution in [0.2, 0.25) is 0 Å². The quantitative estimate of drug-likeness (QED) is 0.203. The first-order chi connectivity index (χ1) is 20.5. The van der Waals surface area contributed by atoms with Crippen molar-refractivity contribution < 1.29 is 38.8 Å². The molecule has 2 N–H and O–H groups in total. The first kappa shape index (κ1) is 31.5. The van der Waals surface area contributed by atoms with Gasteiger partial charge in [0.05, 0.1) is 34.5 Å². The summed E-state index contributed by atoms with van der Waals surface area (Å²) in [6, 6.07) is 10.2. The molecule has 2 aromatic rings. The summed E-state index contributed by atoms with van der Waals surface area (Å²) in [5, 5.41) is 34.9. The Labute approximate surface area is 251 Å². The van der Waals surface area contributed by atoms with Crippen molar-refractivity contribution in [2.75, 3.05) is 19.6 Å². The largest absolute Gasteiger partial charge is 0.445 e. The fourth-order valence-corrected chi connectivity index (χ4v) is 5.37. The second kappa shape index (κ2) is 14.2. The number of ether oxygens (including phenoxy) is 2. The fourth-order valence-electron chi connectivity index (χ4n) is 4.98. The summed E-state index contributed by atoms with van der Waals surface area (Å²) in [7, 11) is 0. The standard InChI is InChI=1S/C27H31N5O10S/c33-24(23-11-22(43)14-30(23)27(36)42-16-18-3-7-21(8-4-18)32(39)40)12-25(34)29-10-9-19(13-29)28-26(35)41-15-17-1-5-20(6-2-17)31(37)38/h1-8,19,22-24,33,43H,9-16H2,(H,28,35)/t19-,22-,23-,24?/m0/s1. The molecule has 2 heterocycles. The van der Waals surface area contributed by atoms with Crippen molar-refractivity contribution in [3.63, 3.8) is 0 Å². The molecule has 16 heteroatoms. The Morgan fingerprint density at radius 1 is 0.953 bits per heavy atom. The number of hydrogen-bond acceptors (Lipinski definition) is 11. The molecule has 0 spiro atoms. The van der Waals surface area contributed by atoms with E-state index in [4.69, 9.17) is 9.47 Å². The van der Waals surface area contributed by atoms with Gasteiger partial charge < -0.3 is 29.7 Å². The number of aliphatic hydroxyl groups is 1. The highest BCUT2D eigenvalue weighted by molar-refractivity contribution is 7.81. The molecule has 2 saturated heterocycles. The number of benzene rings is 2. The van der Waals surface area contributed by atoms with Crippen molar-refractivity contribution in [3.8, 4) is 0 Å². The average molecular weight is 618 g/mol. The number of nitrogens with zero attached hydrogens (tertiary/aromatic N) is 4. The van der Waals surface area contributed by atoms with E-state index in [1.54, 1.807) is 0 Å². The number of nitro groups is 2. The number of nitrogens with one attached hydrogen (secondary N) is 1. The molecule has 0 saturated carbocycles. The molecule has 2 aliphatic rings. The van der Waals surface area contributed by atoms with E-state index in [0.717, 1.165) is 0 Å². The number of likely N-dealkylation sites (tertiary alicyclic amines) is 2. The number of amides is 3. The van der Waals surface area contributed by atoms with E-state index in [0.29, 0.717) is 30.5 Å². The summed E-state index contributed by atoms with van der Waals surface area (Å²) in [5.41, 5.74) is 0.984. The van der Waals surface area contributed by atoms with Crippen LogP contribution in [0.15, 0.2) is 48.5 Å². The number of thiol groups is 1. The molecular weight excluding hydrogens is 586 g/mol. The van der Waals surface area contributed by atoms with Crippen LogP contribution in [0.4, 0.5) is 21.0 Å². The number of carbonyl (C=O) groups is 3. The number of non-ortho nitro benzene ring substituents is 2. The average Bonchev–Trinajstić information content (AvgIpc) is 3.62. The molecular formula is C27H31N5O10S. The summed E-state index contributed by atoms with van der Waals surface area (Å²) in [5.74, 6) is -0.335. The van der Waals surface area contributed by atoms with Crippen LogP contribution in [0.3, 0.4) is 0 Å². The Morgan fingerprint density at radius 2 is 1.51 bits per heavy atom. The van der Waals surface area contributed by atoms with Gasteiger partial charge in [0, 0.05) is 49.1 Å². The molecule has 15 nitrogen and oxygen atoms in total. The molecule has 2 fully saturated rings. The highest BCUT2D eigenvalue weighted by atomic mass is 32.1. The fraction of sp³-hybridized carbons (Fsp3) is 0.444. The number of nitro benzene ring substituents is 2. The normalized spacial score (nSPS) is 20.4. The number of aliphatic hydroxyl groups excluding tert-OH is 1. The van der Waals surface area contributed by atoms with Gasteiger partial charge in [-0.25, -0.2) is 9.59 Å².